The third-order valence-corrected chi connectivity index (χ3v) is 5.82. The van der Waals surface area contributed by atoms with Crippen molar-refractivity contribution in [3.63, 3.8) is 0 Å². The Labute approximate surface area is 169 Å². The Morgan fingerprint density at radius 1 is 1.36 bits per heavy atom. The Balaban J connectivity index is 3.26. The van der Waals surface area contributed by atoms with Gasteiger partial charge in [0.05, 0.1) is 19.4 Å². The molecule has 0 bridgehead atoms. The first kappa shape index (κ1) is 22.8. The number of aromatic nitrogens is 2. The number of anilines is 1. The average molecular weight is 550 g/mol. The standard InChI is InChI=1S/C14H22BrIN3O5P/c1-6-22-25(21,23-7-2)12(13(20)24-14(3,4)5)19-11-10(15)18-9(16)8-17-11/h8,12H,6-7H2,1-5H3,(H,17,19). The molecule has 0 saturated carbocycles. The Morgan fingerprint density at radius 3 is 2.36 bits per heavy atom. The fourth-order valence-electron chi connectivity index (χ4n) is 1.74. The fourth-order valence-corrected chi connectivity index (χ4v) is 4.55. The molecule has 1 atom stereocenters. The number of ether oxygens (including phenoxy) is 1. The normalized spacial score (nSPS) is 13.4. The van der Waals surface area contributed by atoms with Crippen molar-refractivity contribution < 1.29 is 23.1 Å². The molecule has 0 amide bonds. The summed E-state index contributed by atoms with van der Waals surface area (Å²) in [5.41, 5.74) is -0.769. The molecule has 1 heterocycles. The molecule has 0 aliphatic heterocycles. The van der Waals surface area contributed by atoms with Gasteiger partial charge in [0.1, 0.15) is 13.9 Å². The molecule has 25 heavy (non-hydrogen) atoms. The lowest BCUT2D eigenvalue weighted by Crippen LogP contribution is -2.38. The highest BCUT2D eigenvalue weighted by atomic mass is 127. The Morgan fingerprint density at radius 2 is 1.92 bits per heavy atom. The SMILES string of the molecule is CCOP(=O)(OCC)C(Nc1ncc(I)nc1Br)C(=O)OC(C)(C)C. The molecule has 1 aromatic rings. The smallest absolute Gasteiger partial charge is 0.364 e. The van der Waals surface area contributed by atoms with E-state index in [0.717, 1.165) is 0 Å². The highest BCUT2D eigenvalue weighted by molar-refractivity contribution is 14.1. The first-order valence-corrected chi connectivity index (χ1v) is 11.1. The van der Waals surface area contributed by atoms with Crippen LogP contribution in [-0.4, -0.2) is 40.5 Å². The number of nitrogens with one attached hydrogen (secondary N) is 1. The first-order valence-electron chi connectivity index (χ1n) is 7.58. The topological polar surface area (TPSA) is 99.6 Å². The number of hydrogen-bond acceptors (Lipinski definition) is 8. The lowest BCUT2D eigenvalue weighted by atomic mass is 10.2. The summed E-state index contributed by atoms with van der Waals surface area (Å²) in [6.07, 6.45) is 1.51. The molecule has 0 radical (unpaired) electrons. The van der Waals surface area contributed by atoms with Gasteiger partial charge < -0.3 is 19.1 Å². The summed E-state index contributed by atoms with van der Waals surface area (Å²) in [6.45, 7) is 8.70. The zero-order valence-electron chi connectivity index (χ0n) is 14.7. The third kappa shape index (κ3) is 7.09. The van der Waals surface area contributed by atoms with Crippen LogP contribution in [0.25, 0.3) is 0 Å². The van der Waals surface area contributed by atoms with Crippen LogP contribution in [0.15, 0.2) is 10.8 Å². The molecule has 1 aromatic heterocycles. The second-order valence-electron chi connectivity index (χ2n) is 5.79. The summed E-state index contributed by atoms with van der Waals surface area (Å²) in [7, 11) is -3.84. The van der Waals surface area contributed by atoms with Crippen molar-refractivity contribution in [1.29, 1.82) is 0 Å². The highest BCUT2D eigenvalue weighted by Gasteiger charge is 2.44. The maximum atomic E-state index is 13.2. The van der Waals surface area contributed by atoms with Crippen LogP contribution in [-0.2, 0) is 23.1 Å². The van der Waals surface area contributed by atoms with Crippen molar-refractivity contribution >= 4 is 57.9 Å². The van der Waals surface area contributed by atoms with Crippen LogP contribution in [0.5, 0.6) is 0 Å². The number of carbonyl (C=O) groups excluding carboxylic acids is 1. The van der Waals surface area contributed by atoms with Gasteiger partial charge in [0.25, 0.3) is 0 Å². The number of nitrogens with zero attached hydrogens (tertiary/aromatic N) is 2. The van der Waals surface area contributed by atoms with E-state index in [1.807, 2.05) is 22.6 Å². The lowest BCUT2D eigenvalue weighted by Gasteiger charge is -2.29. The van der Waals surface area contributed by atoms with Crippen molar-refractivity contribution in [2.75, 3.05) is 18.5 Å². The monoisotopic (exact) mass is 549 g/mol. The van der Waals surface area contributed by atoms with E-state index in [4.69, 9.17) is 13.8 Å². The minimum atomic E-state index is -3.84. The number of hydrogen-bond donors (Lipinski definition) is 1. The quantitative estimate of drug-likeness (QED) is 0.293. The third-order valence-electron chi connectivity index (χ3n) is 2.54. The van der Waals surface area contributed by atoms with E-state index in [1.54, 1.807) is 34.6 Å². The van der Waals surface area contributed by atoms with Gasteiger partial charge in [-0.2, -0.15) is 0 Å². The van der Waals surface area contributed by atoms with Crippen molar-refractivity contribution in [2.45, 2.75) is 46.0 Å². The van der Waals surface area contributed by atoms with E-state index in [0.29, 0.717) is 8.30 Å². The molecule has 11 heteroatoms. The van der Waals surface area contributed by atoms with Crippen LogP contribution in [0, 0.1) is 3.70 Å². The molecule has 1 rings (SSSR count). The molecule has 0 spiro atoms. The van der Waals surface area contributed by atoms with Crippen molar-refractivity contribution in [3.05, 3.63) is 14.5 Å². The zero-order chi connectivity index (χ0) is 19.3. The predicted octanol–water partition coefficient (Wildman–Crippen LogP) is 4.19. The number of rotatable bonds is 8. The van der Waals surface area contributed by atoms with Crippen LogP contribution < -0.4 is 5.32 Å². The first-order chi connectivity index (χ1) is 11.5. The Hall–Kier alpha value is -0.290. The molecule has 0 aromatic carbocycles. The summed E-state index contributed by atoms with van der Waals surface area (Å²) in [6, 6.07) is 0. The highest BCUT2D eigenvalue weighted by Crippen LogP contribution is 2.53. The summed E-state index contributed by atoms with van der Waals surface area (Å²) < 4.78 is 30.2. The summed E-state index contributed by atoms with van der Waals surface area (Å²) in [5, 5.41) is 2.80. The minimum absolute atomic E-state index is 0.109. The maximum Gasteiger partial charge on any atom is 0.364 e. The lowest BCUT2D eigenvalue weighted by molar-refractivity contribution is -0.154. The molecule has 1 N–H and O–H groups in total. The van der Waals surface area contributed by atoms with Crippen LogP contribution in [0.1, 0.15) is 34.6 Å². The van der Waals surface area contributed by atoms with E-state index in [1.165, 1.54) is 6.20 Å². The Bertz CT molecular complexity index is 646. The molecule has 1 unspecified atom stereocenters. The van der Waals surface area contributed by atoms with E-state index in [2.05, 4.69) is 31.2 Å². The van der Waals surface area contributed by atoms with E-state index in [-0.39, 0.29) is 19.0 Å². The van der Waals surface area contributed by atoms with Gasteiger partial charge >= 0.3 is 13.6 Å². The zero-order valence-corrected chi connectivity index (χ0v) is 19.3. The van der Waals surface area contributed by atoms with Crippen LogP contribution >= 0.6 is 46.1 Å². The van der Waals surface area contributed by atoms with Gasteiger partial charge in [-0.3, -0.25) is 4.57 Å². The minimum Gasteiger partial charge on any atom is -0.458 e. The largest absolute Gasteiger partial charge is 0.458 e. The number of carbonyl (C=O) groups is 1. The molecule has 142 valence electrons. The average Bonchev–Trinajstić information content (AvgIpc) is 2.44. The molecule has 0 aliphatic carbocycles. The molecular formula is C14H22BrIN3O5P. The van der Waals surface area contributed by atoms with Crippen LogP contribution in [0.2, 0.25) is 0 Å². The fraction of sp³-hybridized carbons (Fsp3) is 0.643. The van der Waals surface area contributed by atoms with Gasteiger partial charge in [-0.25, -0.2) is 14.8 Å². The molecular weight excluding hydrogens is 528 g/mol. The Kier molecular flexibility index (Phi) is 8.73. The van der Waals surface area contributed by atoms with Gasteiger partial charge in [0.15, 0.2) is 5.82 Å². The molecule has 0 aliphatic rings. The summed E-state index contributed by atoms with van der Waals surface area (Å²) in [4.78, 5) is 21.0. The predicted molar refractivity (Wildman–Crippen MR) is 107 cm³/mol. The van der Waals surface area contributed by atoms with Crippen molar-refractivity contribution in [3.8, 4) is 0 Å². The second kappa shape index (κ2) is 9.59. The number of halogens is 2. The molecule has 0 saturated heterocycles. The van der Waals surface area contributed by atoms with Gasteiger partial charge in [-0.15, -0.1) is 0 Å². The van der Waals surface area contributed by atoms with Crippen LogP contribution in [0.4, 0.5) is 5.82 Å². The maximum absolute atomic E-state index is 13.2. The molecule has 8 nitrogen and oxygen atoms in total. The summed E-state index contributed by atoms with van der Waals surface area (Å²) in [5.74, 6) is -1.90. The van der Waals surface area contributed by atoms with E-state index >= 15 is 0 Å². The van der Waals surface area contributed by atoms with E-state index < -0.39 is 24.9 Å². The van der Waals surface area contributed by atoms with Gasteiger partial charge in [-0.1, -0.05) is 0 Å². The van der Waals surface area contributed by atoms with Crippen LogP contribution in [0.3, 0.4) is 0 Å². The van der Waals surface area contributed by atoms with Gasteiger partial charge in [0.2, 0.25) is 5.78 Å². The second-order valence-corrected chi connectivity index (χ2v) is 9.76. The van der Waals surface area contributed by atoms with Crippen molar-refractivity contribution in [1.82, 2.24) is 9.97 Å². The van der Waals surface area contributed by atoms with E-state index in [9.17, 15) is 9.36 Å². The molecule has 0 fully saturated rings. The van der Waals surface area contributed by atoms with Crippen molar-refractivity contribution in [2.24, 2.45) is 0 Å². The summed E-state index contributed by atoms with van der Waals surface area (Å²) >= 11 is 5.27. The van der Waals surface area contributed by atoms with Gasteiger partial charge in [-0.05, 0) is 73.1 Å². The number of esters is 1. The van der Waals surface area contributed by atoms with Gasteiger partial charge in [0, 0.05) is 0 Å².